The summed E-state index contributed by atoms with van der Waals surface area (Å²) in [6.07, 6.45) is 8.45. The van der Waals surface area contributed by atoms with Crippen molar-refractivity contribution in [2.24, 2.45) is 5.73 Å². The minimum absolute atomic E-state index is 0.845. The molecule has 84 valence electrons. The third kappa shape index (κ3) is 8.27. The number of nitrogens with zero attached hydrogens (tertiary/aromatic N) is 1. The van der Waals surface area contributed by atoms with E-state index in [1.54, 1.807) is 0 Å². The van der Waals surface area contributed by atoms with Gasteiger partial charge < -0.3 is 5.73 Å². The molecule has 0 radical (unpaired) electrons. The van der Waals surface area contributed by atoms with Gasteiger partial charge in [-0.25, -0.2) is 0 Å². The van der Waals surface area contributed by atoms with Crippen molar-refractivity contribution in [3.05, 3.63) is 12.7 Å². The monoisotopic (exact) mass is 198 g/mol. The molecule has 0 heterocycles. The predicted molar refractivity (Wildman–Crippen MR) is 64.5 cm³/mol. The number of nitrogens with two attached hydrogens (primary N) is 1. The lowest BCUT2D eigenvalue weighted by molar-refractivity contribution is 0.309. The fraction of sp³-hybridized carbons (Fsp3) is 0.833. The molecule has 0 aromatic carbocycles. The van der Waals surface area contributed by atoms with Gasteiger partial charge in [-0.2, -0.15) is 0 Å². The maximum absolute atomic E-state index is 5.43. The Morgan fingerprint density at radius 3 is 2.36 bits per heavy atom. The van der Waals surface area contributed by atoms with Crippen molar-refractivity contribution in [2.45, 2.75) is 39.0 Å². The molecule has 0 aromatic rings. The van der Waals surface area contributed by atoms with Crippen molar-refractivity contribution >= 4 is 0 Å². The first kappa shape index (κ1) is 13.7. The first-order valence-electron chi connectivity index (χ1n) is 5.88. The van der Waals surface area contributed by atoms with Crippen LogP contribution in [0.4, 0.5) is 0 Å². The summed E-state index contributed by atoms with van der Waals surface area (Å²) in [6.45, 7) is 10.2. The summed E-state index contributed by atoms with van der Waals surface area (Å²) in [5, 5.41) is 0. The molecule has 2 N–H and O–H groups in total. The van der Waals surface area contributed by atoms with Crippen LogP contribution in [0, 0.1) is 0 Å². The second kappa shape index (κ2) is 10.7. The van der Waals surface area contributed by atoms with Gasteiger partial charge in [0, 0.05) is 6.54 Å². The molecule has 0 fully saturated rings. The van der Waals surface area contributed by atoms with Crippen LogP contribution in [0.25, 0.3) is 0 Å². The molecular weight excluding hydrogens is 172 g/mol. The van der Waals surface area contributed by atoms with Crippen molar-refractivity contribution in [1.82, 2.24) is 4.90 Å². The SMILES string of the molecule is C=CCN(CC)CCCCCCCN. The van der Waals surface area contributed by atoms with Gasteiger partial charge in [0.1, 0.15) is 0 Å². The highest BCUT2D eigenvalue weighted by molar-refractivity contribution is 4.72. The summed E-state index contributed by atoms with van der Waals surface area (Å²) in [5.74, 6) is 0. The molecule has 0 amide bonds. The van der Waals surface area contributed by atoms with Crippen molar-refractivity contribution in [2.75, 3.05) is 26.2 Å². The molecule has 0 bridgehead atoms. The third-order valence-electron chi connectivity index (χ3n) is 2.51. The van der Waals surface area contributed by atoms with E-state index in [0.29, 0.717) is 0 Å². The quantitative estimate of drug-likeness (QED) is 0.431. The lowest BCUT2D eigenvalue weighted by Gasteiger charge is -2.17. The van der Waals surface area contributed by atoms with Crippen molar-refractivity contribution in [3.8, 4) is 0 Å². The van der Waals surface area contributed by atoms with Gasteiger partial charge in [0.2, 0.25) is 0 Å². The van der Waals surface area contributed by atoms with Crippen LogP contribution < -0.4 is 5.73 Å². The van der Waals surface area contributed by atoms with Gasteiger partial charge in [-0.1, -0.05) is 32.3 Å². The zero-order valence-corrected chi connectivity index (χ0v) is 9.67. The molecule has 0 spiro atoms. The number of likely N-dealkylation sites (N-methyl/N-ethyl adjacent to an activating group) is 1. The van der Waals surface area contributed by atoms with Crippen LogP contribution in [0.5, 0.6) is 0 Å². The minimum Gasteiger partial charge on any atom is -0.330 e. The van der Waals surface area contributed by atoms with Gasteiger partial charge in [0.25, 0.3) is 0 Å². The van der Waals surface area contributed by atoms with Crippen LogP contribution in [-0.4, -0.2) is 31.1 Å². The number of rotatable bonds is 10. The largest absolute Gasteiger partial charge is 0.330 e. The van der Waals surface area contributed by atoms with Crippen LogP contribution in [0.1, 0.15) is 39.0 Å². The first-order chi connectivity index (χ1) is 6.85. The Kier molecular flexibility index (Phi) is 10.5. The molecule has 0 saturated carbocycles. The Morgan fingerprint density at radius 1 is 1.14 bits per heavy atom. The van der Waals surface area contributed by atoms with Crippen LogP contribution in [0.3, 0.4) is 0 Å². The summed E-state index contributed by atoms with van der Waals surface area (Å²) in [6, 6.07) is 0. The summed E-state index contributed by atoms with van der Waals surface area (Å²) in [7, 11) is 0. The Balaban J connectivity index is 3.19. The lowest BCUT2D eigenvalue weighted by atomic mass is 10.1. The average Bonchev–Trinajstić information content (AvgIpc) is 2.21. The molecule has 0 rings (SSSR count). The molecule has 14 heavy (non-hydrogen) atoms. The van der Waals surface area contributed by atoms with Crippen molar-refractivity contribution in [3.63, 3.8) is 0 Å². The summed E-state index contributed by atoms with van der Waals surface area (Å²) >= 11 is 0. The summed E-state index contributed by atoms with van der Waals surface area (Å²) < 4.78 is 0. The summed E-state index contributed by atoms with van der Waals surface area (Å²) in [4.78, 5) is 2.43. The standard InChI is InChI=1S/C12H26N2/c1-3-11-14(4-2)12-9-7-5-6-8-10-13/h3H,1,4-13H2,2H3. The molecule has 2 nitrogen and oxygen atoms in total. The van der Waals surface area contributed by atoms with E-state index in [9.17, 15) is 0 Å². The molecule has 0 atom stereocenters. The van der Waals surface area contributed by atoms with E-state index in [-0.39, 0.29) is 0 Å². The van der Waals surface area contributed by atoms with Crippen molar-refractivity contribution in [1.29, 1.82) is 0 Å². The Labute approximate surface area is 89.2 Å². The van der Waals surface area contributed by atoms with E-state index in [1.165, 1.54) is 38.6 Å². The van der Waals surface area contributed by atoms with Gasteiger partial charge in [-0.05, 0) is 32.5 Å². The van der Waals surface area contributed by atoms with Gasteiger partial charge in [0.05, 0.1) is 0 Å². The second-order valence-electron chi connectivity index (χ2n) is 3.74. The van der Waals surface area contributed by atoms with E-state index >= 15 is 0 Å². The van der Waals surface area contributed by atoms with Crippen LogP contribution in [-0.2, 0) is 0 Å². The molecular formula is C12H26N2. The van der Waals surface area contributed by atoms with E-state index in [1.807, 2.05) is 6.08 Å². The van der Waals surface area contributed by atoms with Crippen LogP contribution >= 0.6 is 0 Å². The Morgan fingerprint density at radius 2 is 1.79 bits per heavy atom. The van der Waals surface area contributed by atoms with Crippen molar-refractivity contribution < 1.29 is 0 Å². The zero-order chi connectivity index (χ0) is 10.6. The van der Waals surface area contributed by atoms with E-state index < -0.39 is 0 Å². The maximum Gasteiger partial charge on any atom is 0.0160 e. The van der Waals surface area contributed by atoms with Crippen LogP contribution in [0.2, 0.25) is 0 Å². The highest BCUT2D eigenvalue weighted by atomic mass is 15.1. The molecule has 0 aliphatic heterocycles. The van der Waals surface area contributed by atoms with Gasteiger partial charge >= 0.3 is 0 Å². The normalized spacial score (nSPS) is 10.8. The van der Waals surface area contributed by atoms with Gasteiger partial charge in [-0.3, -0.25) is 4.90 Å². The van der Waals surface area contributed by atoms with Gasteiger partial charge in [0.15, 0.2) is 0 Å². The fourth-order valence-corrected chi connectivity index (χ4v) is 1.57. The molecule has 0 aliphatic rings. The molecule has 0 unspecified atom stereocenters. The van der Waals surface area contributed by atoms with E-state index in [4.69, 9.17) is 5.73 Å². The fourth-order valence-electron chi connectivity index (χ4n) is 1.57. The predicted octanol–water partition coefficient (Wildman–Crippen LogP) is 2.40. The molecule has 0 aliphatic carbocycles. The highest BCUT2D eigenvalue weighted by Crippen LogP contribution is 2.03. The number of hydrogen-bond acceptors (Lipinski definition) is 2. The lowest BCUT2D eigenvalue weighted by Crippen LogP contribution is -2.24. The Hall–Kier alpha value is -0.340. The Bertz CT molecular complexity index is 123. The third-order valence-corrected chi connectivity index (χ3v) is 2.51. The van der Waals surface area contributed by atoms with Crippen LogP contribution in [0.15, 0.2) is 12.7 Å². The molecule has 0 saturated heterocycles. The van der Waals surface area contributed by atoms with E-state index in [2.05, 4.69) is 18.4 Å². The summed E-state index contributed by atoms with van der Waals surface area (Å²) in [5.41, 5.74) is 5.43. The topological polar surface area (TPSA) is 29.3 Å². The maximum atomic E-state index is 5.43. The minimum atomic E-state index is 0.845. The van der Waals surface area contributed by atoms with E-state index in [0.717, 1.165) is 19.6 Å². The second-order valence-corrected chi connectivity index (χ2v) is 3.74. The zero-order valence-electron chi connectivity index (χ0n) is 9.67. The highest BCUT2D eigenvalue weighted by Gasteiger charge is 1.98. The molecule has 2 heteroatoms. The first-order valence-corrected chi connectivity index (χ1v) is 5.88. The average molecular weight is 198 g/mol. The van der Waals surface area contributed by atoms with Gasteiger partial charge in [-0.15, -0.1) is 6.58 Å². The molecule has 0 aromatic heterocycles. The number of unbranched alkanes of at least 4 members (excludes halogenated alkanes) is 4. The smallest absolute Gasteiger partial charge is 0.0160 e. The number of hydrogen-bond donors (Lipinski definition) is 1.